The third-order valence-electron chi connectivity index (χ3n) is 7.90. The van der Waals surface area contributed by atoms with Gasteiger partial charge in [0.15, 0.2) is 0 Å². The summed E-state index contributed by atoms with van der Waals surface area (Å²) in [6.07, 6.45) is 4.42. The molecule has 1 fully saturated rings. The van der Waals surface area contributed by atoms with Crippen LogP contribution in [0.4, 0.5) is 0 Å². The number of piperazine rings is 1. The van der Waals surface area contributed by atoms with Crippen LogP contribution in [-0.4, -0.2) is 51.3 Å². The van der Waals surface area contributed by atoms with E-state index in [1.165, 1.54) is 16.7 Å². The van der Waals surface area contributed by atoms with E-state index < -0.39 is 0 Å². The summed E-state index contributed by atoms with van der Waals surface area (Å²) in [6, 6.07) is 36.1. The Morgan fingerprint density at radius 2 is 1.33 bits per heavy atom. The highest BCUT2D eigenvalue weighted by molar-refractivity contribution is 5.78. The molecule has 5 aromatic rings. The van der Waals surface area contributed by atoms with Gasteiger partial charge in [0.25, 0.3) is 0 Å². The normalized spacial score (nSPS) is 15.1. The van der Waals surface area contributed by atoms with Crippen molar-refractivity contribution < 1.29 is 4.79 Å². The molecular weight excluding hydrogens is 480 g/mol. The quantitative estimate of drug-likeness (QED) is 0.264. The number of hydrogen-bond donors (Lipinski definition) is 0. The van der Waals surface area contributed by atoms with Crippen LogP contribution in [0.15, 0.2) is 116 Å². The summed E-state index contributed by atoms with van der Waals surface area (Å²) < 4.78 is 2.13. The van der Waals surface area contributed by atoms with Gasteiger partial charge in [-0.1, -0.05) is 91.0 Å². The molecule has 1 saturated heterocycles. The highest BCUT2D eigenvalue weighted by Gasteiger charge is 2.30. The van der Waals surface area contributed by atoms with E-state index in [1.54, 1.807) is 0 Å². The number of nitrogens with zero attached hydrogens (tertiary/aromatic N) is 4. The van der Waals surface area contributed by atoms with Gasteiger partial charge in [0.2, 0.25) is 5.91 Å². The lowest BCUT2D eigenvalue weighted by Crippen LogP contribution is -2.50. The molecule has 196 valence electrons. The van der Waals surface area contributed by atoms with Crippen LogP contribution in [0.2, 0.25) is 0 Å². The Bertz CT molecular complexity index is 1480. The third-order valence-corrected chi connectivity index (χ3v) is 7.90. The lowest BCUT2D eigenvalue weighted by molar-refractivity contribution is -0.133. The van der Waals surface area contributed by atoms with Gasteiger partial charge in [0, 0.05) is 50.9 Å². The molecule has 1 aliphatic rings. The number of hydrogen-bond acceptors (Lipinski definition) is 3. The van der Waals surface area contributed by atoms with Gasteiger partial charge in [-0.15, -0.1) is 0 Å². The van der Waals surface area contributed by atoms with E-state index in [9.17, 15) is 4.79 Å². The first-order valence-corrected chi connectivity index (χ1v) is 13.8. The smallest absolute Gasteiger partial charge is 0.223 e. The molecule has 1 unspecified atom stereocenters. The molecular formula is C34H34N4O. The van der Waals surface area contributed by atoms with Crippen LogP contribution in [0.25, 0.3) is 5.65 Å². The van der Waals surface area contributed by atoms with Crippen molar-refractivity contribution in [2.45, 2.75) is 25.3 Å². The number of benzene rings is 3. The first-order valence-electron chi connectivity index (χ1n) is 13.8. The maximum absolute atomic E-state index is 13.8. The van der Waals surface area contributed by atoms with Crippen LogP contribution >= 0.6 is 0 Å². The Labute approximate surface area is 230 Å². The van der Waals surface area contributed by atoms with Crippen molar-refractivity contribution in [3.63, 3.8) is 0 Å². The minimum atomic E-state index is -0.0594. The number of aryl methyl sites for hydroxylation is 1. The van der Waals surface area contributed by atoms with Gasteiger partial charge >= 0.3 is 0 Å². The Morgan fingerprint density at radius 3 is 1.92 bits per heavy atom. The number of pyridine rings is 1. The van der Waals surface area contributed by atoms with Gasteiger partial charge in [-0.25, -0.2) is 4.98 Å². The number of fused-ring (bicyclic) bond motifs is 1. The Balaban J connectivity index is 1.21. The molecule has 0 bridgehead atoms. The maximum Gasteiger partial charge on any atom is 0.223 e. The first-order chi connectivity index (χ1) is 19.2. The summed E-state index contributed by atoms with van der Waals surface area (Å²) in [6.45, 7) is 5.20. The molecule has 0 spiro atoms. The zero-order valence-electron chi connectivity index (χ0n) is 22.4. The van der Waals surface area contributed by atoms with Crippen LogP contribution in [0, 0.1) is 6.92 Å². The lowest BCUT2D eigenvalue weighted by atomic mass is 9.92. The van der Waals surface area contributed by atoms with E-state index in [0.717, 1.165) is 43.1 Å². The summed E-state index contributed by atoms with van der Waals surface area (Å²) in [5, 5.41) is 0. The average molecular weight is 515 g/mol. The summed E-state index contributed by atoms with van der Waals surface area (Å²) in [7, 11) is 0. The van der Waals surface area contributed by atoms with Crippen molar-refractivity contribution in [1.29, 1.82) is 0 Å². The van der Waals surface area contributed by atoms with E-state index in [0.29, 0.717) is 6.42 Å². The lowest BCUT2D eigenvalue weighted by Gasteiger charge is -2.40. The van der Waals surface area contributed by atoms with E-state index in [-0.39, 0.29) is 17.9 Å². The number of rotatable bonds is 7. The predicted molar refractivity (Wildman–Crippen MR) is 156 cm³/mol. The summed E-state index contributed by atoms with van der Waals surface area (Å²) in [5.41, 5.74) is 6.86. The van der Waals surface area contributed by atoms with E-state index in [1.807, 2.05) is 29.3 Å². The van der Waals surface area contributed by atoms with Crippen molar-refractivity contribution >= 4 is 11.6 Å². The second kappa shape index (κ2) is 11.3. The molecule has 0 aliphatic carbocycles. The second-order valence-corrected chi connectivity index (χ2v) is 10.4. The highest BCUT2D eigenvalue weighted by atomic mass is 16.2. The number of carbonyl (C=O) groups excluding carboxylic acids is 1. The largest absolute Gasteiger partial charge is 0.340 e. The first kappa shape index (κ1) is 25.1. The predicted octanol–water partition coefficient (Wildman–Crippen LogP) is 6.10. The van der Waals surface area contributed by atoms with E-state index >= 15 is 0 Å². The number of aromatic nitrogens is 2. The molecule has 3 aromatic carbocycles. The molecule has 0 radical (unpaired) electrons. The molecule has 5 heteroatoms. The van der Waals surface area contributed by atoms with E-state index in [4.69, 9.17) is 0 Å². The third kappa shape index (κ3) is 5.36. The minimum Gasteiger partial charge on any atom is -0.340 e. The van der Waals surface area contributed by atoms with Crippen LogP contribution < -0.4 is 0 Å². The fraction of sp³-hybridized carbons (Fsp3) is 0.235. The maximum atomic E-state index is 13.8. The summed E-state index contributed by atoms with van der Waals surface area (Å²) in [5.74, 6) is 0.136. The molecule has 5 nitrogen and oxygen atoms in total. The highest BCUT2D eigenvalue weighted by Crippen LogP contribution is 2.32. The van der Waals surface area contributed by atoms with Crippen LogP contribution in [0.1, 0.15) is 46.3 Å². The molecule has 0 saturated carbocycles. The molecule has 2 aromatic heterocycles. The summed E-state index contributed by atoms with van der Waals surface area (Å²) >= 11 is 0. The van der Waals surface area contributed by atoms with Crippen LogP contribution in [0.3, 0.4) is 0 Å². The van der Waals surface area contributed by atoms with Crippen molar-refractivity contribution in [2.24, 2.45) is 0 Å². The zero-order chi connectivity index (χ0) is 26.6. The van der Waals surface area contributed by atoms with E-state index in [2.05, 4.69) is 112 Å². The Kier molecular flexibility index (Phi) is 7.24. The number of amides is 1. The molecule has 1 atom stereocenters. The van der Waals surface area contributed by atoms with Gasteiger partial charge in [-0.3, -0.25) is 9.69 Å². The monoisotopic (exact) mass is 514 g/mol. The molecule has 39 heavy (non-hydrogen) atoms. The van der Waals surface area contributed by atoms with Gasteiger partial charge in [0.05, 0.1) is 11.7 Å². The molecule has 1 amide bonds. The van der Waals surface area contributed by atoms with Gasteiger partial charge in [0.1, 0.15) is 5.65 Å². The van der Waals surface area contributed by atoms with Crippen molar-refractivity contribution in [2.75, 3.05) is 26.2 Å². The molecule has 3 heterocycles. The standard InChI is InChI=1S/C34H34N4O/c1-26-17-18-38-31(25-35-32(38)23-26)30(27-11-5-2-6-12-27)24-33(39)36-19-21-37(22-20-36)34(28-13-7-3-8-14-28)29-15-9-4-10-16-29/h2-18,23,25,30,34H,19-22,24H2,1H3. The summed E-state index contributed by atoms with van der Waals surface area (Å²) in [4.78, 5) is 23.0. The number of carbonyl (C=O) groups is 1. The zero-order valence-corrected chi connectivity index (χ0v) is 22.4. The molecule has 1 aliphatic heterocycles. The van der Waals surface area contributed by atoms with Gasteiger partial charge < -0.3 is 9.30 Å². The van der Waals surface area contributed by atoms with Crippen molar-refractivity contribution in [1.82, 2.24) is 19.2 Å². The number of imidazole rings is 1. The van der Waals surface area contributed by atoms with Gasteiger partial charge in [-0.2, -0.15) is 0 Å². The Hall–Kier alpha value is -4.22. The SMILES string of the molecule is Cc1ccn2c(C(CC(=O)N3CCN(C(c4ccccc4)c4ccccc4)CC3)c3ccccc3)cnc2c1. The second-order valence-electron chi connectivity index (χ2n) is 10.4. The average Bonchev–Trinajstić information content (AvgIpc) is 3.40. The fourth-order valence-corrected chi connectivity index (χ4v) is 5.86. The van der Waals surface area contributed by atoms with Crippen molar-refractivity contribution in [3.8, 4) is 0 Å². The van der Waals surface area contributed by atoms with Gasteiger partial charge in [-0.05, 0) is 41.3 Å². The molecule has 6 rings (SSSR count). The minimum absolute atomic E-state index is 0.0594. The fourth-order valence-electron chi connectivity index (χ4n) is 5.86. The van der Waals surface area contributed by atoms with Crippen LogP contribution in [0.5, 0.6) is 0 Å². The Morgan fingerprint density at radius 1 is 0.769 bits per heavy atom. The van der Waals surface area contributed by atoms with Crippen molar-refractivity contribution in [3.05, 3.63) is 143 Å². The topological polar surface area (TPSA) is 40.9 Å². The van der Waals surface area contributed by atoms with Crippen LogP contribution in [-0.2, 0) is 4.79 Å². The molecule has 0 N–H and O–H groups in total.